The lowest BCUT2D eigenvalue weighted by molar-refractivity contribution is 0.253. The van der Waals surface area contributed by atoms with Crippen LogP contribution in [0.2, 0.25) is 0 Å². The van der Waals surface area contributed by atoms with E-state index in [1.165, 1.54) is 31.4 Å². The van der Waals surface area contributed by atoms with Gasteiger partial charge in [-0.3, -0.25) is 9.89 Å². The van der Waals surface area contributed by atoms with E-state index in [0.29, 0.717) is 6.04 Å². The average Bonchev–Trinajstić information content (AvgIpc) is 3.19. The molecule has 4 heteroatoms. The number of hydrogen-bond acceptors (Lipinski definition) is 3. The first-order chi connectivity index (χ1) is 8.54. The lowest BCUT2D eigenvalue weighted by Gasteiger charge is -2.35. The van der Waals surface area contributed by atoms with Crippen molar-refractivity contribution in [3.8, 4) is 0 Å². The third kappa shape index (κ3) is 3.64. The van der Waals surface area contributed by atoms with Crippen LogP contribution in [-0.4, -0.2) is 47.0 Å². The summed E-state index contributed by atoms with van der Waals surface area (Å²) in [4.78, 5) is 7.27. The number of hydrogen-bond donors (Lipinski definition) is 1. The van der Waals surface area contributed by atoms with Crippen LogP contribution in [0.3, 0.4) is 0 Å². The molecule has 2 atom stereocenters. The minimum atomic E-state index is 0.260. The van der Waals surface area contributed by atoms with E-state index in [1.807, 2.05) is 11.8 Å². The van der Waals surface area contributed by atoms with E-state index in [-0.39, 0.29) is 5.54 Å². The Hall–Kier alpha value is -0.220. The molecule has 0 spiro atoms. The number of aliphatic imine (C=N–C) groups is 1. The van der Waals surface area contributed by atoms with Gasteiger partial charge in [0.25, 0.3) is 0 Å². The van der Waals surface area contributed by atoms with Crippen molar-refractivity contribution in [1.29, 1.82) is 0 Å². The molecule has 1 aliphatic carbocycles. The van der Waals surface area contributed by atoms with Crippen molar-refractivity contribution in [1.82, 2.24) is 10.2 Å². The normalized spacial score (nSPS) is 32.6. The minimum Gasteiger partial charge on any atom is -0.360 e. The van der Waals surface area contributed by atoms with Crippen LogP contribution in [-0.2, 0) is 0 Å². The van der Waals surface area contributed by atoms with Crippen LogP contribution in [0.15, 0.2) is 4.99 Å². The first kappa shape index (κ1) is 14.2. The third-order valence-electron chi connectivity index (χ3n) is 4.40. The fourth-order valence-corrected chi connectivity index (χ4v) is 3.50. The molecule has 2 rings (SSSR count). The first-order valence-electron chi connectivity index (χ1n) is 7.21. The molecule has 0 amide bonds. The van der Waals surface area contributed by atoms with Crippen molar-refractivity contribution in [2.24, 2.45) is 4.99 Å². The van der Waals surface area contributed by atoms with Crippen molar-refractivity contribution in [2.45, 2.75) is 64.1 Å². The lowest BCUT2D eigenvalue weighted by atomic mass is 9.96. The summed E-state index contributed by atoms with van der Waals surface area (Å²) >= 11 is 1.88. The Bertz CT molecular complexity index is 314. The molecule has 1 aliphatic heterocycles. The van der Waals surface area contributed by atoms with Crippen LogP contribution in [0.4, 0.5) is 0 Å². The molecule has 2 fully saturated rings. The lowest BCUT2D eigenvalue weighted by Crippen LogP contribution is -2.48. The van der Waals surface area contributed by atoms with Gasteiger partial charge in [-0.25, -0.2) is 0 Å². The fourth-order valence-electron chi connectivity index (χ4n) is 2.27. The van der Waals surface area contributed by atoms with E-state index in [2.05, 4.69) is 38.0 Å². The molecule has 0 bridgehead atoms. The molecule has 3 nitrogen and oxygen atoms in total. The molecule has 1 saturated heterocycles. The highest BCUT2D eigenvalue weighted by Gasteiger charge is 2.30. The minimum absolute atomic E-state index is 0.260. The summed E-state index contributed by atoms with van der Waals surface area (Å²) in [5.74, 6) is 1.20. The van der Waals surface area contributed by atoms with Crippen LogP contribution in [0.1, 0.15) is 46.5 Å². The summed E-state index contributed by atoms with van der Waals surface area (Å²) < 4.78 is 0. The zero-order chi connectivity index (χ0) is 13.2. The molecule has 0 aromatic heterocycles. The topological polar surface area (TPSA) is 27.6 Å². The van der Waals surface area contributed by atoms with Crippen LogP contribution in [0.5, 0.6) is 0 Å². The second kappa shape index (κ2) is 5.83. The number of likely N-dealkylation sites (N-methyl/N-ethyl adjacent to an activating group) is 1. The van der Waals surface area contributed by atoms with Crippen molar-refractivity contribution in [3.05, 3.63) is 0 Å². The highest BCUT2D eigenvalue weighted by molar-refractivity contribution is 8.13. The SMILES string of the molecule is CCC1(C)CCSC(=NCC(C)N(C)C2CC2)N1. The van der Waals surface area contributed by atoms with Crippen molar-refractivity contribution in [2.75, 3.05) is 19.3 Å². The molecule has 1 N–H and O–H groups in total. The molecule has 0 radical (unpaired) electrons. The predicted octanol–water partition coefficient (Wildman–Crippen LogP) is 2.72. The molecule has 1 heterocycles. The molecule has 2 unspecified atom stereocenters. The van der Waals surface area contributed by atoms with Gasteiger partial charge in [-0.2, -0.15) is 0 Å². The van der Waals surface area contributed by atoms with Gasteiger partial charge < -0.3 is 5.32 Å². The molecule has 104 valence electrons. The molecule has 0 aromatic carbocycles. The maximum absolute atomic E-state index is 4.78. The molecular weight excluding hydrogens is 242 g/mol. The van der Waals surface area contributed by atoms with Crippen LogP contribution >= 0.6 is 11.8 Å². The Labute approximate surface area is 116 Å². The molecule has 2 aliphatic rings. The van der Waals surface area contributed by atoms with E-state index < -0.39 is 0 Å². The van der Waals surface area contributed by atoms with Crippen molar-refractivity contribution >= 4 is 16.9 Å². The zero-order valence-corrected chi connectivity index (χ0v) is 13.0. The maximum Gasteiger partial charge on any atom is 0.157 e. The summed E-state index contributed by atoms with van der Waals surface area (Å²) in [5.41, 5.74) is 0.260. The summed E-state index contributed by atoms with van der Waals surface area (Å²) in [7, 11) is 2.24. The zero-order valence-electron chi connectivity index (χ0n) is 12.2. The van der Waals surface area contributed by atoms with Gasteiger partial charge in [-0.15, -0.1) is 0 Å². The van der Waals surface area contributed by atoms with E-state index in [4.69, 9.17) is 4.99 Å². The van der Waals surface area contributed by atoms with Crippen molar-refractivity contribution < 1.29 is 0 Å². The van der Waals surface area contributed by atoms with E-state index in [1.54, 1.807) is 0 Å². The van der Waals surface area contributed by atoms with Crippen molar-refractivity contribution in [3.63, 3.8) is 0 Å². The average molecular weight is 269 g/mol. The molecular formula is C14H27N3S. The van der Waals surface area contributed by atoms with Crippen LogP contribution < -0.4 is 5.32 Å². The summed E-state index contributed by atoms with van der Waals surface area (Å²) in [6.45, 7) is 7.77. The van der Waals surface area contributed by atoms with Gasteiger partial charge in [0, 0.05) is 23.4 Å². The Kier molecular flexibility index (Phi) is 4.59. The summed E-state index contributed by atoms with van der Waals surface area (Å²) in [5, 5.41) is 4.77. The summed E-state index contributed by atoms with van der Waals surface area (Å²) in [6, 6.07) is 1.38. The van der Waals surface area contributed by atoms with Gasteiger partial charge in [0.05, 0.1) is 6.54 Å². The number of thioether (sulfide) groups is 1. The monoisotopic (exact) mass is 269 g/mol. The fraction of sp³-hybridized carbons (Fsp3) is 0.929. The second-order valence-corrected chi connectivity index (χ2v) is 7.11. The van der Waals surface area contributed by atoms with Gasteiger partial charge in [-0.1, -0.05) is 18.7 Å². The molecule has 0 aromatic rings. The Morgan fingerprint density at radius 3 is 2.89 bits per heavy atom. The highest BCUT2D eigenvalue weighted by atomic mass is 32.2. The third-order valence-corrected chi connectivity index (χ3v) is 5.31. The largest absolute Gasteiger partial charge is 0.360 e. The van der Waals surface area contributed by atoms with Gasteiger partial charge in [0.15, 0.2) is 5.17 Å². The highest BCUT2D eigenvalue weighted by Crippen LogP contribution is 2.27. The van der Waals surface area contributed by atoms with Gasteiger partial charge in [0.1, 0.15) is 0 Å². The van der Waals surface area contributed by atoms with Crippen LogP contribution in [0, 0.1) is 0 Å². The van der Waals surface area contributed by atoms with E-state index >= 15 is 0 Å². The maximum atomic E-state index is 4.78. The number of amidine groups is 1. The number of rotatable bonds is 5. The first-order valence-corrected chi connectivity index (χ1v) is 8.20. The van der Waals surface area contributed by atoms with Crippen LogP contribution in [0.25, 0.3) is 0 Å². The standard InChI is InChI=1S/C14H27N3S/c1-5-14(3)8-9-18-13(16-14)15-10-11(2)17(4)12-6-7-12/h11-12H,5-10H2,1-4H3,(H,15,16). The molecule has 18 heavy (non-hydrogen) atoms. The number of nitrogens with one attached hydrogen (secondary N) is 1. The predicted molar refractivity (Wildman–Crippen MR) is 81.5 cm³/mol. The van der Waals surface area contributed by atoms with Gasteiger partial charge >= 0.3 is 0 Å². The Morgan fingerprint density at radius 2 is 2.28 bits per heavy atom. The van der Waals surface area contributed by atoms with E-state index in [0.717, 1.165) is 17.8 Å². The Balaban J connectivity index is 1.84. The van der Waals surface area contributed by atoms with E-state index in [9.17, 15) is 0 Å². The quantitative estimate of drug-likeness (QED) is 0.831. The van der Waals surface area contributed by atoms with Gasteiger partial charge in [-0.05, 0) is 46.6 Å². The second-order valence-electron chi connectivity index (χ2n) is 6.03. The molecule has 1 saturated carbocycles. The smallest absolute Gasteiger partial charge is 0.157 e. The number of nitrogens with zero attached hydrogens (tertiary/aromatic N) is 2. The van der Waals surface area contributed by atoms with Gasteiger partial charge in [0.2, 0.25) is 0 Å². The Morgan fingerprint density at radius 1 is 1.56 bits per heavy atom. The summed E-state index contributed by atoms with van der Waals surface area (Å²) in [6.07, 6.45) is 5.16.